The van der Waals surface area contributed by atoms with Crippen LogP contribution in [0.4, 0.5) is 0 Å². The van der Waals surface area contributed by atoms with E-state index in [1.807, 2.05) is 30.3 Å². The molecule has 6 N–H and O–H groups in total. The van der Waals surface area contributed by atoms with Crippen molar-refractivity contribution >= 4 is 30.4 Å². The van der Waals surface area contributed by atoms with E-state index in [1.165, 1.54) is 12.5 Å². The quantitative estimate of drug-likeness (QED) is 0.294. The standard InChI is InChI=1S/C18H23N5O4S/c19-13(6-11-4-2-1-3-5-11)16(24)23-15(9-28)17(25)22-14(18(26)27)7-12-8-20-10-21-12/h1-5,8,10,13-15,28H,6-7,9,19H2,(H,20,21)(H,22,25)(H,23,24)(H,26,27)/t13-,14-,15-/m0/s1. The second-order valence-electron chi connectivity index (χ2n) is 6.22. The first kappa shape index (κ1) is 21.5. The molecule has 1 aromatic heterocycles. The average Bonchev–Trinajstić information content (AvgIpc) is 3.19. The van der Waals surface area contributed by atoms with Gasteiger partial charge in [-0.1, -0.05) is 30.3 Å². The van der Waals surface area contributed by atoms with Crippen LogP contribution in [0.5, 0.6) is 0 Å². The lowest BCUT2D eigenvalue weighted by molar-refractivity contribution is -0.142. The predicted molar refractivity (Wildman–Crippen MR) is 106 cm³/mol. The number of carboxylic acid groups (broad SMARTS) is 1. The van der Waals surface area contributed by atoms with Crippen molar-refractivity contribution in [1.29, 1.82) is 0 Å². The number of aliphatic carboxylic acids is 1. The van der Waals surface area contributed by atoms with E-state index >= 15 is 0 Å². The smallest absolute Gasteiger partial charge is 0.326 e. The number of carbonyl (C=O) groups excluding carboxylic acids is 2. The van der Waals surface area contributed by atoms with Gasteiger partial charge < -0.3 is 26.5 Å². The SMILES string of the molecule is N[C@@H](Cc1ccccc1)C(=O)N[C@@H](CS)C(=O)N[C@@H](Cc1cnc[nH]1)C(=O)O. The van der Waals surface area contributed by atoms with Gasteiger partial charge >= 0.3 is 5.97 Å². The fourth-order valence-corrected chi connectivity index (χ4v) is 2.78. The summed E-state index contributed by atoms with van der Waals surface area (Å²) in [5.74, 6) is -2.37. The number of amides is 2. The van der Waals surface area contributed by atoms with Gasteiger partial charge in [0, 0.05) is 24.1 Å². The first-order valence-electron chi connectivity index (χ1n) is 8.62. The molecule has 0 saturated carbocycles. The highest BCUT2D eigenvalue weighted by Crippen LogP contribution is 2.03. The van der Waals surface area contributed by atoms with E-state index in [0.29, 0.717) is 12.1 Å². The number of rotatable bonds is 10. The maximum Gasteiger partial charge on any atom is 0.326 e. The lowest BCUT2D eigenvalue weighted by Crippen LogP contribution is -2.55. The zero-order valence-electron chi connectivity index (χ0n) is 15.0. The second-order valence-corrected chi connectivity index (χ2v) is 6.59. The molecule has 1 aromatic carbocycles. The Morgan fingerprint density at radius 3 is 2.36 bits per heavy atom. The predicted octanol–water partition coefficient (Wildman–Crippen LogP) is -0.494. The molecule has 10 heteroatoms. The first-order chi connectivity index (χ1) is 13.4. The van der Waals surface area contributed by atoms with Crippen LogP contribution in [0.25, 0.3) is 0 Å². The summed E-state index contributed by atoms with van der Waals surface area (Å²) < 4.78 is 0. The third-order valence-corrected chi connectivity index (χ3v) is 4.41. The van der Waals surface area contributed by atoms with Crippen LogP contribution in [0.15, 0.2) is 42.9 Å². The normalized spacial score (nSPS) is 13.9. The van der Waals surface area contributed by atoms with E-state index in [2.05, 4.69) is 33.2 Å². The molecule has 0 unspecified atom stereocenters. The van der Waals surface area contributed by atoms with Gasteiger partial charge in [-0.3, -0.25) is 9.59 Å². The average molecular weight is 405 g/mol. The Morgan fingerprint density at radius 2 is 1.79 bits per heavy atom. The Hall–Kier alpha value is -2.85. The highest BCUT2D eigenvalue weighted by atomic mass is 32.1. The number of aromatic amines is 1. The topological polar surface area (TPSA) is 150 Å². The molecule has 28 heavy (non-hydrogen) atoms. The molecule has 0 aliphatic heterocycles. The highest BCUT2D eigenvalue weighted by Gasteiger charge is 2.27. The van der Waals surface area contributed by atoms with E-state index in [-0.39, 0.29) is 12.2 Å². The summed E-state index contributed by atoms with van der Waals surface area (Å²) in [6.45, 7) is 0. The maximum atomic E-state index is 12.4. The van der Waals surface area contributed by atoms with Crippen molar-refractivity contribution in [2.45, 2.75) is 31.0 Å². The zero-order valence-corrected chi connectivity index (χ0v) is 15.9. The Morgan fingerprint density at radius 1 is 1.11 bits per heavy atom. The number of carbonyl (C=O) groups is 3. The number of nitrogens with zero attached hydrogens (tertiary/aromatic N) is 1. The van der Waals surface area contributed by atoms with Crippen molar-refractivity contribution in [2.75, 3.05) is 5.75 Å². The molecule has 1 heterocycles. The summed E-state index contributed by atoms with van der Waals surface area (Å²) in [6, 6.07) is 6.21. The summed E-state index contributed by atoms with van der Waals surface area (Å²) in [5.41, 5.74) is 7.37. The van der Waals surface area contributed by atoms with Gasteiger partial charge in [-0.25, -0.2) is 9.78 Å². The van der Waals surface area contributed by atoms with E-state index in [0.717, 1.165) is 5.56 Å². The number of nitrogens with one attached hydrogen (secondary N) is 3. The molecule has 9 nitrogen and oxygen atoms in total. The molecule has 150 valence electrons. The molecule has 0 aliphatic rings. The molecule has 0 fully saturated rings. The molecule has 2 aromatic rings. The summed E-state index contributed by atoms with van der Waals surface area (Å²) in [6.07, 6.45) is 3.23. The number of hydrogen-bond donors (Lipinski definition) is 6. The lowest BCUT2D eigenvalue weighted by Gasteiger charge is -2.21. The van der Waals surface area contributed by atoms with E-state index in [9.17, 15) is 19.5 Å². The second kappa shape index (κ2) is 10.5. The Bertz CT molecular complexity index is 785. The Kier molecular flexibility index (Phi) is 8.02. The van der Waals surface area contributed by atoms with Crippen LogP contribution in [0.3, 0.4) is 0 Å². The third kappa shape index (κ3) is 6.39. The maximum absolute atomic E-state index is 12.4. The molecule has 0 spiro atoms. The van der Waals surface area contributed by atoms with Crippen LogP contribution in [0.2, 0.25) is 0 Å². The molecule has 2 rings (SSSR count). The van der Waals surface area contributed by atoms with Crippen LogP contribution < -0.4 is 16.4 Å². The van der Waals surface area contributed by atoms with E-state index in [1.54, 1.807) is 0 Å². The van der Waals surface area contributed by atoms with Gasteiger partial charge in [0.15, 0.2) is 0 Å². The number of benzene rings is 1. The van der Waals surface area contributed by atoms with Gasteiger partial charge in [0.1, 0.15) is 12.1 Å². The van der Waals surface area contributed by atoms with Crippen molar-refractivity contribution in [3.63, 3.8) is 0 Å². The van der Waals surface area contributed by atoms with Crippen molar-refractivity contribution < 1.29 is 19.5 Å². The van der Waals surface area contributed by atoms with Gasteiger partial charge in [-0.15, -0.1) is 0 Å². The number of nitrogens with two attached hydrogens (primary N) is 1. The fraction of sp³-hybridized carbons (Fsp3) is 0.333. The minimum Gasteiger partial charge on any atom is -0.480 e. The van der Waals surface area contributed by atoms with Crippen LogP contribution >= 0.6 is 12.6 Å². The van der Waals surface area contributed by atoms with Gasteiger partial charge in [-0.05, 0) is 12.0 Å². The summed E-state index contributed by atoms with van der Waals surface area (Å²) in [5, 5.41) is 14.3. The van der Waals surface area contributed by atoms with Gasteiger partial charge in [0.2, 0.25) is 11.8 Å². The Labute approximate surface area is 167 Å². The molecule has 0 radical (unpaired) electrons. The molecular formula is C18H23N5O4S. The van der Waals surface area contributed by atoms with Crippen molar-refractivity contribution in [3.8, 4) is 0 Å². The number of thiol groups is 1. The molecule has 3 atom stereocenters. The number of imidazole rings is 1. The zero-order chi connectivity index (χ0) is 20.5. The van der Waals surface area contributed by atoms with E-state index in [4.69, 9.17) is 5.73 Å². The molecule has 2 amide bonds. The van der Waals surface area contributed by atoms with Crippen LogP contribution in [-0.4, -0.2) is 56.7 Å². The summed E-state index contributed by atoms with van der Waals surface area (Å²) in [4.78, 5) is 42.8. The van der Waals surface area contributed by atoms with Gasteiger partial charge in [0.25, 0.3) is 0 Å². The molecular weight excluding hydrogens is 382 g/mol. The Balaban J connectivity index is 1.93. The van der Waals surface area contributed by atoms with Crippen LogP contribution in [-0.2, 0) is 27.2 Å². The van der Waals surface area contributed by atoms with Gasteiger partial charge in [0.05, 0.1) is 12.4 Å². The summed E-state index contributed by atoms with van der Waals surface area (Å²) in [7, 11) is 0. The van der Waals surface area contributed by atoms with Crippen LogP contribution in [0.1, 0.15) is 11.3 Å². The number of H-pyrrole nitrogens is 1. The number of hydrogen-bond acceptors (Lipinski definition) is 6. The van der Waals surface area contributed by atoms with Gasteiger partial charge in [-0.2, -0.15) is 12.6 Å². The molecule has 0 bridgehead atoms. The van der Waals surface area contributed by atoms with E-state index < -0.39 is 35.9 Å². The highest BCUT2D eigenvalue weighted by molar-refractivity contribution is 7.80. The lowest BCUT2D eigenvalue weighted by atomic mass is 10.1. The minimum absolute atomic E-state index is 0.00791. The van der Waals surface area contributed by atoms with Crippen molar-refractivity contribution in [1.82, 2.24) is 20.6 Å². The molecule has 0 saturated heterocycles. The first-order valence-corrected chi connectivity index (χ1v) is 9.25. The molecule has 0 aliphatic carbocycles. The summed E-state index contributed by atoms with van der Waals surface area (Å²) >= 11 is 4.08. The largest absolute Gasteiger partial charge is 0.480 e. The minimum atomic E-state index is -1.20. The third-order valence-electron chi connectivity index (χ3n) is 4.04. The van der Waals surface area contributed by atoms with Crippen molar-refractivity contribution in [3.05, 3.63) is 54.1 Å². The monoisotopic (exact) mass is 405 g/mol. The number of aromatic nitrogens is 2. The fourth-order valence-electron chi connectivity index (χ4n) is 2.52. The van der Waals surface area contributed by atoms with Crippen LogP contribution in [0, 0.1) is 0 Å². The van der Waals surface area contributed by atoms with Crippen molar-refractivity contribution in [2.24, 2.45) is 5.73 Å². The number of carboxylic acids is 1.